The van der Waals surface area contributed by atoms with Gasteiger partial charge in [0, 0.05) is 38.5 Å². The van der Waals surface area contributed by atoms with Gasteiger partial charge in [0.2, 0.25) is 11.7 Å². The SMILES string of the molecule is CO[C@H]1CN(c2cc(NC(=O)Cn3cc(-c4cc(Cl)c(O)c(C(N)=O)c4)c4c(=O)n(C)c(C(F)(F)F)nc43)c(Cl)cn2)C[C@H]1F. The standard InChI is InChI=1S/C27H23Cl2F4N7O5/c1-38-25(44)21-13(11-3-12(23(34)43)22(42)14(28)4-11)7-40(24(21)37-26(38)27(31,32)33)10-20(41)36-17-5-19(35-6-15(17)29)39-8-16(30)18(9-39)45-2/h3-7,16,18,42H,8-10H2,1-2H3,(H2,34,43)(H,35,36,41)/t16-,18+/m1/s1. The zero-order chi connectivity index (χ0) is 33.0. The van der Waals surface area contributed by atoms with Crippen molar-refractivity contribution in [1.29, 1.82) is 0 Å². The van der Waals surface area contributed by atoms with E-state index in [2.05, 4.69) is 15.3 Å². The minimum atomic E-state index is -5.03. The van der Waals surface area contributed by atoms with Crippen molar-refractivity contribution >= 4 is 57.6 Å². The molecule has 0 bridgehead atoms. The Morgan fingerprint density at radius 2 is 1.91 bits per heavy atom. The van der Waals surface area contributed by atoms with Crippen LogP contribution in [0.15, 0.2) is 35.4 Å². The van der Waals surface area contributed by atoms with E-state index < -0.39 is 65.2 Å². The molecule has 5 rings (SSSR count). The molecule has 4 aromatic rings. The van der Waals surface area contributed by atoms with Crippen LogP contribution in [0.3, 0.4) is 0 Å². The molecule has 1 fully saturated rings. The number of rotatable bonds is 7. The lowest BCUT2D eigenvalue weighted by Gasteiger charge is -2.18. The molecule has 1 aliphatic rings. The van der Waals surface area contributed by atoms with Gasteiger partial charge in [-0.1, -0.05) is 23.2 Å². The summed E-state index contributed by atoms with van der Waals surface area (Å²) >= 11 is 12.3. The zero-order valence-corrected chi connectivity index (χ0v) is 24.8. The van der Waals surface area contributed by atoms with E-state index in [-0.39, 0.29) is 45.3 Å². The number of carbonyl (C=O) groups is 2. The topological polar surface area (TPSA) is 158 Å². The second-order valence-corrected chi connectivity index (χ2v) is 11.0. The van der Waals surface area contributed by atoms with E-state index in [0.29, 0.717) is 10.4 Å². The van der Waals surface area contributed by atoms with Crippen LogP contribution in [-0.2, 0) is 29.3 Å². The Morgan fingerprint density at radius 3 is 2.53 bits per heavy atom. The Hall–Kier alpha value is -4.41. The molecule has 0 radical (unpaired) electrons. The monoisotopic (exact) mass is 671 g/mol. The maximum atomic E-state index is 14.2. The minimum absolute atomic E-state index is 0.0143. The number of pyridine rings is 1. The smallest absolute Gasteiger partial charge is 0.449 e. The molecule has 0 unspecified atom stereocenters. The summed E-state index contributed by atoms with van der Waals surface area (Å²) in [6, 6.07) is 3.68. The lowest BCUT2D eigenvalue weighted by molar-refractivity contribution is -0.147. The molecule has 3 aromatic heterocycles. The maximum Gasteiger partial charge on any atom is 0.449 e. The van der Waals surface area contributed by atoms with Gasteiger partial charge >= 0.3 is 6.18 Å². The Labute approximate surface area is 260 Å². The number of phenols is 1. The quantitative estimate of drug-likeness (QED) is 0.251. The number of nitrogens with one attached hydrogen (secondary N) is 1. The van der Waals surface area contributed by atoms with Gasteiger partial charge in [0.15, 0.2) is 0 Å². The molecule has 0 spiro atoms. The molecule has 2 amide bonds. The van der Waals surface area contributed by atoms with Gasteiger partial charge in [0.05, 0.1) is 39.4 Å². The summed E-state index contributed by atoms with van der Waals surface area (Å²) in [5.74, 6) is -3.72. The molecule has 4 N–H and O–H groups in total. The summed E-state index contributed by atoms with van der Waals surface area (Å²) in [5.41, 5.74) is 3.37. The first-order chi connectivity index (χ1) is 21.1. The van der Waals surface area contributed by atoms with Crippen LogP contribution in [0.2, 0.25) is 10.0 Å². The number of hydrogen-bond donors (Lipinski definition) is 3. The largest absolute Gasteiger partial charge is 0.506 e. The number of halogens is 6. The second-order valence-electron chi connectivity index (χ2n) is 10.2. The number of primary amides is 1. The Morgan fingerprint density at radius 1 is 1.20 bits per heavy atom. The molecular formula is C27H23Cl2F4N7O5. The summed E-state index contributed by atoms with van der Waals surface area (Å²) in [7, 11) is 2.26. The van der Waals surface area contributed by atoms with Crippen molar-refractivity contribution in [3.63, 3.8) is 0 Å². The minimum Gasteiger partial charge on any atom is -0.506 e. The van der Waals surface area contributed by atoms with Crippen molar-refractivity contribution in [2.45, 2.75) is 25.0 Å². The van der Waals surface area contributed by atoms with Gasteiger partial charge in [-0.15, -0.1) is 0 Å². The number of fused-ring (bicyclic) bond motifs is 1. The molecule has 2 atom stereocenters. The van der Waals surface area contributed by atoms with Crippen molar-refractivity contribution in [1.82, 2.24) is 19.1 Å². The molecule has 0 aliphatic carbocycles. The summed E-state index contributed by atoms with van der Waals surface area (Å²) in [4.78, 5) is 47.9. The number of methoxy groups -OCH3 is 1. The van der Waals surface area contributed by atoms with Gasteiger partial charge in [0.1, 0.15) is 36.0 Å². The van der Waals surface area contributed by atoms with E-state index in [0.717, 1.165) is 17.7 Å². The number of carbonyl (C=O) groups excluding carboxylic acids is 2. The molecule has 1 aromatic carbocycles. The Bertz CT molecular complexity index is 1910. The lowest BCUT2D eigenvalue weighted by Crippen LogP contribution is -2.28. The number of hydrogen-bond acceptors (Lipinski definition) is 8. The highest BCUT2D eigenvalue weighted by Gasteiger charge is 2.38. The Kier molecular flexibility index (Phi) is 8.41. The van der Waals surface area contributed by atoms with E-state index in [9.17, 15) is 37.1 Å². The third-order valence-electron chi connectivity index (χ3n) is 7.25. The number of amides is 2. The number of aromatic hydroxyl groups is 1. The van der Waals surface area contributed by atoms with Gasteiger partial charge in [-0.3, -0.25) is 19.0 Å². The molecule has 45 heavy (non-hydrogen) atoms. The molecule has 12 nitrogen and oxygen atoms in total. The van der Waals surface area contributed by atoms with Crippen LogP contribution in [0.25, 0.3) is 22.2 Å². The van der Waals surface area contributed by atoms with Gasteiger partial charge in [-0.25, -0.2) is 14.4 Å². The first-order valence-corrected chi connectivity index (χ1v) is 13.7. The van der Waals surface area contributed by atoms with Crippen molar-refractivity contribution < 1.29 is 37.0 Å². The average molecular weight is 672 g/mol. The van der Waals surface area contributed by atoms with Crippen molar-refractivity contribution in [3.8, 4) is 16.9 Å². The third-order valence-corrected chi connectivity index (χ3v) is 7.83. The third kappa shape index (κ3) is 6.00. The van der Waals surface area contributed by atoms with Crippen LogP contribution < -0.4 is 21.5 Å². The fourth-order valence-corrected chi connectivity index (χ4v) is 5.41. The Balaban J connectivity index is 1.57. The molecule has 1 saturated heterocycles. The first-order valence-electron chi connectivity index (χ1n) is 13.0. The van der Waals surface area contributed by atoms with Crippen LogP contribution in [0.4, 0.5) is 29.1 Å². The normalized spacial score (nSPS) is 16.8. The second kappa shape index (κ2) is 11.8. The number of ether oxygens (including phenoxy) is 1. The van der Waals surface area contributed by atoms with Gasteiger partial charge in [-0.2, -0.15) is 13.2 Å². The molecule has 1 aliphatic heterocycles. The van der Waals surface area contributed by atoms with E-state index in [1.54, 1.807) is 4.90 Å². The molecule has 4 heterocycles. The summed E-state index contributed by atoms with van der Waals surface area (Å²) in [6.07, 6.45) is -4.55. The summed E-state index contributed by atoms with van der Waals surface area (Å²) in [6.45, 7) is -0.475. The molecule has 18 heteroatoms. The molecule has 238 valence electrons. The number of nitrogens with two attached hydrogens (primary N) is 1. The zero-order valence-electron chi connectivity index (χ0n) is 23.3. The molecule has 0 saturated carbocycles. The summed E-state index contributed by atoms with van der Waals surface area (Å²) < 4.78 is 62.1. The van der Waals surface area contributed by atoms with Crippen molar-refractivity contribution in [2.24, 2.45) is 12.8 Å². The van der Waals surface area contributed by atoms with Crippen LogP contribution in [0, 0.1) is 0 Å². The highest BCUT2D eigenvalue weighted by molar-refractivity contribution is 6.34. The summed E-state index contributed by atoms with van der Waals surface area (Å²) in [5, 5.41) is 12.1. The number of nitrogens with zero attached hydrogens (tertiary/aromatic N) is 5. The van der Waals surface area contributed by atoms with Crippen LogP contribution >= 0.6 is 23.2 Å². The fraction of sp³-hybridized carbons (Fsp3) is 0.296. The van der Waals surface area contributed by atoms with Crippen molar-refractivity contribution in [3.05, 3.63) is 62.4 Å². The fourth-order valence-electron chi connectivity index (χ4n) is 5.04. The van der Waals surface area contributed by atoms with E-state index >= 15 is 0 Å². The van der Waals surface area contributed by atoms with Crippen molar-refractivity contribution in [2.75, 3.05) is 30.4 Å². The highest BCUT2D eigenvalue weighted by atomic mass is 35.5. The number of aromatic nitrogens is 4. The molecular weight excluding hydrogens is 649 g/mol. The average Bonchev–Trinajstić information content (AvgIpc) is 3.52. The van der Waals surface area contributed by atoms with Gasteiger partial charge in [-0.05, 0) is 17.7 Å². The van der Waals surface area contributed by atoms with Gasteiger partial charge < -0.3 is 30.4 Å². The predicted octanol–water partition coefficient (Wildman–Crippen LogP) is 3.74. The van der Waals surface area contributed by atoms with E-state index in [1.165, 1.54) is 31.6 Å². The number of benzene rings is 1. The van der Waals surface area contributed by atoms with Crippen LogP contribution in [0.1, 0.15) is 16.2 Å². The van der Waals surface area contributed by atoms with Crippen LogP contribution in [0.5, 0.6) is 5.75 Å². The number of alkyl halides is 4. The lowest BCUT2D eigenvalue weighted by atomic mass is 10.0. The van der Waals surface area contributed by atoms with E-state index in [4.69, 9.17) is 33.7 Å². The van der Waals surface area contributed by atoms with Crippen LogP contribution in [-0.4, -0.2) is 68.5 Å². The van der Waals surface area contributed by atoms with Gasteiger partial charge in [0.25, 0.3) is 11.5 Å². The number of anilines is 2. The predicted molar refractivity (Wildman–Crippen MR) is 156 cm³/mol. The first kappa shape index (κ1) is 32.0. The highest BCUT2D eigenvalue weighted by Crippen LogP contribution is 2.37. The maximum absolute atomic E-state index is 14.2. The van der Waals surface area contributed by atoms with E-state index in [1.807, 2.05) is 0 Å².